The number of carbonyl (C=O) groups excluding carboxylic acids is 1. The summed E-state index contributed by atoms with van der Waals surface area (Å²) in [5.74, 6) is 1.09. The predicted molar refractivity (Wildman–Crippen MR) is 100 cm³/mol. The van der Waals surface area contributed by atoms with Crippen molar-refractivity contribution in [2.45, 2.75) is 45.8 Å². The lowest BCUT2D eigenvalue weighted by Crippen LogP contribution is -2.40. The minimum Gasteiger partial charge on any atom is -0.493 e. The van der Waals surface area contributed by atoms with Crippen LogP contribution >= 0.6 is 0 Å². The maximum absolute atomic E-state index is 12.7. The number of hydrogen-bond acceptors (Lipinski definition) is 3. The first-order valence-corrected chi connectivity index (χ1v) is 8.75. The molecule has 0 fully saturated rings. The molecule has 0 saturated carbocycles. The van der Waals surface area contributed by atoms with Crippen molar-refractivity contribution in [2.75, 3.05) is 7.11 Å². The Hall–Kier alpha value is -2.49. The lowest BCUT2D eigenvalue weighted by Gasteiger charge is -2.23. The van der Waals surface area contributed by atoms with E-state index in [2.05, 4.69) is 43.4 Å². The van der Waals surface area contributed by atoms with Gasteiger partial charge in [0.2, 0.25) is 0 Å². The highest BCUT2D eigenvalue weighted by molar-refractivity contribution is 5.81. The largest absolute Gasteiger partial charge is 0.493 e. The Morgan fingerprint density at radius 1 is 1.00 bits per heavy atom. The van der Waals surface area contributed by atoms with Crippen molar-refractivity contribution in [3.8, 4) is 11.5 Å². The summed E-state index contributed by atoms with van der Waals surface area (Å²) >= 11 is 0. The molecule has 0 heterocycles. The van der Waals surface area contributed by atoms with Crippen molar-refractivity contribution >= 4 is 5.91 Å². The third-order valence-electron chi connectivity index (χ3n) is 4.21. The molecule has 4 nitrogen and oxygen atoms in total. The zero-order valence-electron chi connectivity index (χ0n) is 15.4. The van der Waals surface area contributed by atoms with Crippen LogP contribution in [-0.4, -0.2) is 19.1 Å². The van der Waals surface area contributed by atoms with Gasteiger partial charge in [-0.1, -0.05) is 55.8 Å². The van der Waals surface area contributed by atoms with Crippen molar-refractivity contribution in [1.82, 2.24) is 5.32 Å². The highest BCUT2D eigenvalue weighted by Gasteiger charge is 2.23. The van der Waals surface area contributed by atoms with Gasteiger partial charge >= 0.3 is 0 Å². The van der Waals surface area contributed by atoms with Crippen LogP contribution in [-0.2, 0) is 4.79 Å². The van der Waals surface area contributed by atoms with Crippen molar-refractivity contribution in [1.29, 1.82) is 0 Å². The predicted octanol–water partition coefficient (Wildman–Crippen LogP) is 4.43. The van der Waals surface area contributed by atoms with E-state index in [-0.39, 0.29) is 11.9 Å². The van der Waals surface area contributed by atoms with Crippen LogP contribution in [0.4, 0.5) is 0 Å². The highest BCUT2D eigenvalue weighted by Crippen LogP contribution is 2.27. The molecule has 0 saturated heterocycles. The van der Waals surface area contributed by atoms with E-state index in [1.807, 2.05) is 31.2 Å². The molecule has 2 rings (SSSR count). The van der Waals surface area contributed by atoms with Gasteiger partial charge in [-0.05, 0) is 37.5 Å². The quantitative estimate of drug-likeness (QED) is 0.773. The Morgan fingerprint density at radius 2 is 1.64 bits per heavy atom. The van der Waals surface area contributed by atoms with Crippen LogP contribution in [0.2, 0.25) is 0 Å². The summed E-state index contributed by atoms with van der Waals surface area (Å²) in [5, 5.41) is 3.11. The van der Waals surface area contributed by atoms with Crippen molar-refractivity contribution < 1.29 is 14.3 Å². The number of para-hydroxylation sites is 2. The van der Waals surface area contributed by atoms with Gasteiger partial charge in [-0.2, -0.15) is 0 Å². The molecule has 0 aromatic heterocycles. The van der Waals surface area contributed by atoms with Crippen LogP contribution in [0, 0.1) is 6.92 Å². The van der Waals surface area contributed by atoms with E-state index >= 15 is 0 Å². The van der Waals surface area contributed by atoms with Gasteiger partial charge in [-0.25, -0.2) is 0 Å². The van der Waals surface area contributed by atoms with E-state index in [4.69, 9.17) is 9.47 Å². The van der Waals surface area contributed by atoms with E-state index in [0.717, 1.165) is 12.0 Å². The van der Waals surface area contributed by atoms with E-state index in [1.54, 1.807) is 7.11 Å². The van der Waals surface area contributed by atoms with Crippen LogP contribution in [0.5, 0.6) is 11.5 Å². The van der Waals surface area contributed by atoms with E-state index in [9.17, 15) is 4.79 Å². The standard InChI is InChI=1S/C21H27NO3/c1-5-17(16-13-11-15(3)12-14-16)22-21(23)18(6-2)25-20-10-8-7-9-19(20)24-4/h7-14,17-18H,5-6H2,1-4H3,(H,22,23)/t17-,18-/m1/s1. The fourth-order valence-corrected chi connectivity index (χ4v) is 2.68. The molecule has 0 aliphatic rings. The van der Waals surface area contributed by atoms with E-state index in [1.165, 1.54) is 5.56 Å². The first kappa shape index (κ1) is 18.8. The zero-order valence-corrected chi connectivity index (χ0v) is 15.4. The first-order chi connectivity index (χ1) is 12.1. The number of aryl methyl sites for hydroxylation is 1. The number of rotatable bonds is 8. The third kappa shape index (κ3) is 4.99. The summed E-state index contributed by atoms with van der Waals surface area (Å²) in [6, 6.07) is 15.6. The van der Waals surface area contributed by atoms with Crippen LogP contribution in [0.1, 0.15) is 43.9 Å². The molecule has 1 amide bonds. The van der Waals surface area contributed by atoms with Crippen molar-refractivity contribution in [3.63, 3.8) is 0 Å². The summed E-state index contributed by atoms with van der Waals surface area (Å²) in [5.41, 5.74) is 2.31. The van der Waals surface area contributed by atoms with Gasteiger partial charge in [0.25, 0.3) is 5.91 Å². The number of nitrogens with one attached hydrogen (secondary N) is 1. The third-order valence-corrected chi connectivity index (χ3v) is 4.21. The Kier molecular flexibility index (Phi) is 6.87. The summed E-state index contributed by atoms with van der Waals surface area (Å²) in [4.78, 5) is 12.7. The number of amides is 1. The van der Waals surface area contributed by atoms with Gasteiger partial charge in [0.15, 0.2) is 17.6 Å². The molecule has 0 aliphatic heterocycles. The molecule has 0 aliphatic carbocycles. The minimum atomic E-state index is -0.559. The Bertz CT molecular complexity index is 682. The normalized spacial score (nSPS) is 13.0. The maximum atomic E-state index is 12.7. The Balaban J connectivity index is 2.09. The van der Waals surface area contributed by atoms with Gasteiger partial charge in [-0.3, -0.25) is 4.79 Å². The number of methoxy groups -OCH3 is 1. The smallest absolute Gasteiger partial charge is 0.261 e. The van der Waals surface area contributed by atoms with E-state index in [0.29, 0.717) is 17.9 Å². The fourth-order valence-electron chi connectivity index (χ4n) is 2.68. The summed E-state index contributed by atoms with van der Waals surface area (Å²) in [6.07, 6.45) is 0.837. The van der Waals surface area contributed by atoms with Gasteiger partial charge < -0.3 is 14.8 Å². The van der Waals surface area contributed by atoms with Crippen LogP contribution in [0.15, 0.2) is 48.5 Å². The van der Waals surface area contributed by atoms with Crippen LogP contribution in [0.25, 0.3) is 0 Å². The lowest BCUT2D eigenvalue weighted by molar-refractivity contribution is -0.129. The molecular weight excluding hydrogens is 314 g/mol. The second-order valence-corrected chi connectivity index (χ2v) is 6.05. The minimum absolute atomic E-state index is 0.0246. The number of ether oxygens (including phenoxy) is 2. The van der Waals surface area contributed by atoms with Crippen LogP contribution < -0.4 is 14.8 Å². The molecule has 2 aromatic carbocycles. The average molecular weight is 341 g/mol. The second-order valence-electron chi connectivity index (χ2n) is 6.05. The molecule has 1 N–H and O–H groups in total. The fraction of sp³-hybridized carbons (Fsp3) is 0.381. The molecule has 2 aromatic rings. The second kappa shape index (κ2) is 9.11. The van der Waals surface area contributed by atoms with Gasteiger partial charge in [-0.15, -0.1) is 0 Å². The summed E-state index contributed by atoms with van der Waals surface area (Å²) in [7, 11) is 1.59. The number of benzene rings is 2. The Morgan fingerprint density at radius 3 is 2.20 bits per heavy atom. The maximum Gasteiger partial charge on any atom is 0.261 e. The molecule has 4 heteroatoms. The summed E-state index contributed by atoms with van der Waals surface area (Å²) < 4.78 is 11.2. The molecular formula is C21H27NO3. The molecule has 134 valence electrons. The number of hydrogen-bond donors (Lipinski definition) is 1. The summed E-state index contributed by atoms with van der Waals surface area (Å²) in [6.45, 7) is 6.05. The SMILES string of the molecule is CC[C@@H](Oc1ccccc1OC)C(=O)N[C@H](CC)c1ccc(C)cc1. The van der Waals surface area contributed by atoms with Gasteiger partial charge in [0, 0.05) is 0 Å². The Labute approximate surface area is 150 Å². The van der Waals surface area contributed by atoms with Crippen LogP contribution in [0.3, 0.4) is 0 Å². The molecule has 0 bridgehead atoms. The van der Waals surface area contributed by atoms with Gasteiger partial charge in [0.1, 0.15) is 0 Å². The van der Waals surface area contributed by atoms with Gasteiger partial charge in [0.05, 0.1) is 13.2 Å². The molecule has 0 unspecified atom stereocenters. The highest BCUT2D eigenvalue weighted by atomic mass is 16.5. The number of carbonyl (C=O) groups is 1. The molecule has 0 radical (unpaired) electrons. The van der Waals surface area contributed by atoms with Crippen molar-refractivity contribution in [3.05, 3.63) is 59.7 Å². The van der Waals surface area contributed by atoms with Crippen molar-refractivity contribution in [2.24, 2.45) is 0 Å². The first-order valence-electron chi connectivity index (χ1n) is 8.75. The molecule has 0 spiro atoms. The topological polar surface area (TPSA) is 47.6 Å². The monoisotopic (exact) mass is 341 g/mol. The molecule has 2 atom stereocenters. The molecule has 25 heavy (non-hydrogen) atoms. The van der Waals surface area contributed by atoms with E-state index < -0.39 is 6.10 Å². The average Bonchev–Trinajstić information content (AvgIpc) is 2.65. The lowest BCUT2D eigenvalue weighted by atomic mass is 10.0. The zero-order chi connectivity index (χ0) is 18.2.